The van der Waals surface area contributed by atoms with Gasteiger partial charge in [0.25, 0.3) is 0 Å². The van der Waals surface area contributed by atoms with Crippen LogP contribution in [-0.4, -0.2) is 16.1 Å². The Labute approximate surface area is 112 Å². The van der Waals surface area contributed by atoms with Crippen LogP contribution in [0.4, 0.5) is 0 Å². The molecule has 0 atom stereocenters. The second kappa shape index (κ2) is 5.44. The van der Waals surface area contributed by atoms with Gasteiger partial charge in [-0.2, -0.15) is 0 Å². The highest BCUT2D eigenvalue weighted by Gasteiger charge is 2.13. The van der Waals surface area contributed by atoms with Gasteiger partial charge in [-0.15, -0.1) is 11.8 Å². The first-order valence-corrected chi connectivity index (χ1v) is 6.92. The summed E-state index contributed by atoms with van der Waals surface area (Å²) in [6.07, 6.45) is 0. The van der Waals surface area contributed by atoms with Crippen LogP contribution in [0.1, 0.15) is 21.7 Å². The summed E-state index contributed by atoms with van der Waals surface area (Å²) in [5.41, 5.74) is 3.02. The quantitative estimate of drug-likeness (QED) is 0.618. The molecule has 0 saturated carbocycles. The first-order valence-electron chi connectivity index (χ1n) is 5.93. The van der Waals surface area contributed by atoms with Crippen molar-refractivity contribution in [2.75, 3.05) is 5.75 Å². The maximum Gasteiger partial charge on any atom is 0.174 e. The van der Waals surface area contributed by atoms with E-state index < -0.39 is 0 Å². The van der Waals surface area contributed by atoms with E-state index >= 15 is 0 Å². The average Bonchev–Trinajstić information content (AvgIpc) is 2.65. The Kier molecular flexibility index (Phi) is 3.92. The Morgan fingerprint density at radius 2 is 1.89 bits per heavy atom. The second-order valence-corrected chi connectivity index (χ2v) is 5.42. The molecule has 2 aromatic rings. The zero-order valence-corrected chi connectivity index (χ0v) is 11.8. The molecule has 1 heterocycles. The highest BCUT2D eigenvalue weighted by atomic mass is 32.2. The highest BCUT2D eigenvalue weighted by molar-refractivity contribution is 8.00. The molecule has 0 unspecified atom stereocenters. The summed E-state index contributed by atoms with van der Waals surface area (Å²) in [7, 11) is 1.99. The van der Waals surface area contributed by atoms with E-state index in [1.165, 1.54) is 0 Å². The van der Waals surface area contributed by atoms with Crippen LogP contribution < -0.4 is 0 Å². The number of hydrogen-bond donors (Lipinski definition) is 0. The molecule has 2 rings (SSSR count). The van der Waals surface area contributed by atoms with Crippen molar-refractivity contribution in [2.45, 2.75) is 18.7 Å². The summed E-state index contributed by atoms with van der Waals surface area (Å²) in [6, 6.07) is 12.0. The molecule has 0 saturated heterocycles. The van der Waals surface area contributed by atoms with E-state index in [-0.39, 0.29) is 5.78 Å². The molecule has 0 radical (unpaired) electrons. The number of benzene rings is 1. The molecule has 3 heteroatoms. The van der Waals surface area contributed by atoms with Crippen LogP contribution >= 0.6 is 11.8 Å². The minimum atomic E-state index is 0.199. The fourth-order valence-electron chi connectivity index (χ4n) is 1.88. The number of aromatic nitrogens is 1. The summed E-state index contributed by atoms with van der Waals surface area (Å²) in [6.45, 7) is 4.02. The molecule has 0 aliphatic heterocycles. The lowest BCUT2D eigenvalue weighted by Gasteiger charge is -2.02. The lowest BCUT2D eigenvalue weighted by Crippen LogP contribution is -2.04. The minimum absolute atomic E-state index is 0.199. The van der Waals surface area contributed by atoms with E-state index in [4.69, 9.17) is 0 Å². The van der Waals surface area contributed by atoms with Crippen LogP contribution in [0.15, 0.2) is 41.3 Å². The standard InChI is InChI=1S/C15H17NOS/c1-11-9-14(12(2)16(11)3)15(17)10-18-13-7-5-4-6-8-13/h4-9H,10H2,1-3H3. The molecule has 1 aromatic carbocycles. The van der Waals surface area contributed by atoms with E-state index in [1.807, 2.05) is 57.3 Å². The number of thioether (sulfide) groups is 1. The maximum atomic E-state index is 12.2. The first-order chi connectivity index (χ1) is 8.59. The second-order valence-electron chi connectivity index (χ2n) is 4.37. The van der Waals surface area contributed by atoms with E-state index in [2.05, 4.69) is 4.57 Å². The molecule has 1 aromatic heterocycles. The van der Waals surface area contributed by atoms with E-state index in [0.29, 0.717) is 5.75 Å². The summed E-state index contributed by atoms with van der Waals surface area (Å²) < 4.78 is 2.06. The topological polar surface area (TPSA) is 22.0 Å². The number of carbonyl (C=O) groups excluding carboxylic acids is 1. The summed E-state index contributed by atoms with van der Waals surface area (Å²) in [5.74, 6) is 0.693. The van der Waals surface area contributed by atoms with Crippen molar-refractivity contribution in [3.8, 4) is 0 Å². The molecule has 18 heavy (non-hydrogen) atoms. The van der Waals surface area contributed by atoms with Gasteiger partial charge >= 0.3 is 0 Å². The zero-order valence-electron chi connectivity index (χ0n) is 10.9. The normalized spacial score (nSPS) is 10.6. The smallest absolute Gasteiger partial charge is 0.174 e. The Bertz CT molecular complexity index is 557. The van der Waals surface area contributed by atoms with Crippen molar-refractivity contribution in [1.82, 2.24) is 4.57 Å². The van der Waals surface area contributed by atoms with E-state index in [9.17, 15) is 4.79 Å². The largest absolute Gasteiger partial charge is 0.351 e. The fraction of sp³-hybridized carbons (Fsp3) is 0.267. The lowest BCUT2D eigenvalue weighted by molar-refractivity contribution is 0.102. The third-order valence-corrected chi connectivity index (χ3v) is 4.20. The Morgan fingerprint density at radius 3 is 2.44 bits per heavy atom. The van der Waals surface area contributed by atoms with Gasteiger partial charge in [0.2, 0.25) is 0 Å². The molecule has 0 bridgehead atoms. The van der Waals surface area contributed by atoms with Crippen molar-refractivity contribution in [3.05, 3.63) is 53.3 Å². The van der Waals surface area contributed by atoms with Gasteiger partial charge in [0.1, 0.15) is 0 Å². The number of Topliss-reactive ketones (excluding diaryl/α,β-unsaturated/α-hetero) is 1. The van der Waals surface area contributed by atoms with Crippen LogP contribution in [0.2, 0.25) is 0 Å². The third kappa shape index (κ3) is 2.67. The van der Waals surface area contributed by atoms with Gasteiger partial charge in [-0.05, 0) is 32.0 Å². The molecule has 0 aliphatic rings. The van der Waals surface area contributed by atoms with Crippen LogP contribution in [-0.2, 0) is 7.05 Å². The average molecular weight is 259 g/mol. The lowest BCUT2D eigenvalue weighted by atomic mass is 10.2. The number of ketones is 1. The Hall–Kier alpha value is -1.48. The molecule has 0 aliphatic carbocycles. The van der Waals surface area contributed by atoms with Crippen molar-refractivity contribution >= 4 is 17.5 Å². The molecule has 94 valence electrons. The van der Waals surface area contributed by atoms with Crippen molar-refractivity contribution < 1.29 is 4.79 Å². The van der Waals surface area contributed by atoms with Gasteiger partial charge in [-0.3, -0.25) is 4.79 Å². The SMILES string of the molecule is Cc1cc(C(=O)CSc2ccccc2)c(C)n1C. The van der Waals surface area contributed by atoms with E-state index in [0.717, 1.165) is 21.8 Å². The minimum Gasteiger partial charge on any atom is -0.351 e. The summed E-state index contributed by atoms with van der Waals surface area (Å²) >= 11 is 1.59. The van der Waals surface area contributed by atoms with Gasteiger partial charge in [0.05, 0.1) is 5.75 Å². The van der Waals surface area contributed by atoms with Gasteiger partial charge in [-0.1, -0.05) is 18.2 Å². The number of hydrogen-bond acceptors (Lipinski definition) is 2. The highest BCUT2D eigenvalue weighted by Crippen LogP contribution is 2.21. The van der Waals surface area contributed by atoms with Crippen molar-refractivity contribution in [3.63, 3.8) is 0 Å². The molecular formula is C15H17NOS. The van der Waals surface area contributed by atoms with Crippen LogP contribution in [0, 0.1) is 13.8 Å². The van der Waals surface area contributed by atoms with Crippen LogP contribution in [0.3, 0.4) is 0 Å². The predicted octanol–water partition coefficient (Wildman–Crippen LogP) is 3.62. The molecule has 0 fully saturated rings. The summed E-state index contributed by atoms with van der Waals surface area (Å²) in [5, 5.41) is 0. The molecule has 0 spiro atoms. The number of aryl methyl sites for hydroxylation is 1. The van der Waals surface area contributed by atoms with Gasteiger partial charge in [0, 0.05) is 28.9 Å². The maximum absolute atomic E-state index is 12.2. The number of carbonyl (C=O) groups is 1. The van der Waals surface area contributed by atoms with Gasteiger partial charge in [-0.25, -0.2) is 0 Å². The zero-order chi connectivity index (χ0) is 13.1. The molecule has 2 nitrogen and oxygen atoms in total. The fourth-order valence-corrected chi connectivity index (χ4v) is 2.68. The number of nitrogens with zero attached hydrogens (tertiary/aromatic N) is 1. The van der Waals surface area contributed by atoms with Gasteiger partial charge in [0.15, 0.2) is 5.78 Å². The Morgan fingerprint density at radius 1 is 1.22 bits per heavy atom. The van der Waals surface area contributed by atoms with Crippen molar-refractivity contribution in [2.24, 2.45) is 7.05 Å². The molecule has 0 N–H and O–H groups in total. The third-order valence-electron chi connectivity index (χ3n) is 3.19. The van der Waals surface area contributed by atoms with Crippen LogP contribution in [0.5, 0.6) is 0 Å². The molecular weight excluding hydrogens is 242 g/mol. The first kappa shape index (κ1) is 13.0. The predicted molar refractivity (Wildman–Crippen MR) is 76.4 cm³/mol. The van der Waals surface area contributed by atoms with Crippen molar-refractivity contribution in [1.29, 1.82) is 0 Å². The van der Waals surface area contributed by atoms with Gasteiger partial charge < -0.3 is 4.57 Å². The number of rotatable bonds is 4. The van der Waals surface area contributed by atoms with Crippen LogP contribution in [0.25, 0.3) is 0 Å². The summed E-state index contributed by atoms with van der Waals surface area (Å²) in [4.78, 5) is 13.3. The van der Waals surface area contributed by atoms with E-state index in [1.54, 1.807) is 11.8 Å². The monoisotopic (exact) mass is 259 g/mol. The Balaban J connectivity index is 2.06. The molecule has 0 amide bonds.